The lowest BCUT2D eigenvalue weighted by atomic mass is 9.46. The topological polar surface area (TPSA) is 159 Å². The highest BCUT2D eigenvalue weighted by Crippen LogP contribution is 2.70. The number of hydrogen-bond donors (Lipinski definition) is 2. The van der Waals surface area contributed by atoms with Gasteiger partial charge in [-0.2, -0.15) is 0 Å². The number of fused-ring (bicyclic) bond motifs is 1. The van der Waals surface area contributed by atoms with Crippen molar-refractivity contribution in [2.24, 2.45) is 28.6 Å². The Kier molecular flexibility index (Phi) is 7.16. The molecule has 44 heavy (non-hydrogen) atoms. The third-order valence-electron chi connectivity index (χ3n) is 11.5. The molecule has 4 aliphatic rings. The van der Waals surface area contributed by atoms with Crippen molar-refractivity contribution in [1.29, 1.82) is 0 Å². The van der Waals surface area contributed by atoms with Gasteiger partial charge in [0.05, 0.1) is 18.8 Å². The third-order valence-corrected chi connectivity index (χ3v) is 11.5. The fourth-order valence-electron chi connectivity index (χ4n) is 9.00. The number of esters is 2. The molecule has 2 heterocycles. The van der Waals surface area contributed by atoms with Crippen molar-refractivity contribution < 1.29 is 34.1 Å². The van der Waals surface area contributed by atoms with Crippen molar-refractivity contribution in [2.45, 2.75) is 84.3 Å². The van der Waals surface area contributed by atoms with Gasteiger partial charge in [0.25, 0.3) is 0 Å². The zero-order chi connectivity index (χ0) is 31.8. The number of Topliss-reactive ketones (excluding diaryl/α,β-unsaturated/α-hetero) is 1. The fraction of sp³-hybridized carbons (Fsp3) is 0.594. The summed E-state index contributed by atoms with van der Waals surface area (Å²) >= 11 is 0. The molecule has 0 radical (unpaired) electrons. The molecule has 3 aliphatic carbocycles. The van der Waals surface area contributed by atoms with Crippen molar-refractivity contribution in [3.8, 4) is 5.69 Å². The Labute approximate surface area is 253 Å². The monoisotopic (exact) mass is 609 g/mol. The first-order chi connectivity index (χ1) is 20.8. The molecule has 1 aliphatic heterocycles. The van der Waals surface area contributed by atoms with E-state index < -0.39 is 64.3 Å². The lowest BCUT2D eigenvalue weighted by Crippen LogP contribution is -2.69. The Morgan fingerprint density at radius 3 is 2.43 bits per heavy atom. The number of nitrogens with zero attached hydrogens (tertiary/aromatic N) is 3. The van der Waals surface area contributed by atoms with E-state index in [1.807, 2.05) is 19.9 Å². The maximum absolute atomic E-state index is 13.8. The average Bonchev–Trinajstić information content (AvgIpc) is 3.37. The van der Waals surface area contributed by atoms with Gasteiger partial charge in [0.15, 0.2) is 12.4 Å². The van der Waals surface area contributed by atoms with Gasteiger partial charge in [0.1, 0.15) is 17.8 Å². The molecular weight excluding hydrogens is 570 g/mol. The molecule has 3 saturated carbocycles. The molecule has 8 atom stereocenters. The largest absolute Gasteiger partial charge is 0.459 e. The molecule has 0 spiro atoms. The van der Waals surface area contributed by atoms with Crippen molar-refractivity contribution in [3.63, 3.8) is 0 Å². The summed E-state index contributed by atoms with van der Waals surface area (Å²) in [7, 11) is 0. The number of aliphatic hydroxyl groups excluding tert-OH is 1. The Balaban J connectivity index is 1.45. The van der Waals surface area contributed by atoms with Crippen LogP contribution in [0.2, 0.25) is 0 Å². The second kappa shape index (κ2) is 10.4. The van der Waals surface area contributed by atoms with Crippen LogP contribution in [0, 0.1) is 28.6 Å². The summed E-state index contributed by atoms with van der Waals surface area (Å²) in [6.45, 7) is 6.43. The molecular formula is C32H39N3O9. The zero-order valence-electron chi connectivity index (χ0n) is 25.4. The molecule has 0 saturated heterocycles. The van der Waals surface area contributed by atoms with Crippen molar-refractivity contribution >= 4 is 17.7 Å². The van der Waals surface area contributed by atoms with Gasteiger partial charge in [-0.1, -0.05) is 45.0 Å². The van der Waals surface area contributed by atoms with E-state index in [1.165, 1.54) is 16.3 Å². The van der Waals surface area contributed by atoms with Crippen molar-refractivity contribution in [1.82, 2.24) is 13.9 Å². The normalized spacial score (nSPS) is 36.1. The average molecular weight is 610 g/mol. The summed E-state index contributed by atoms with van der Waals surface area (Å²) in [6.07, 6.45) is 0.952. The number of para-hydroxylation sites is 1. The number of benzene rings is 1. The van der Waals surface area contributed by atoms with Gasteiger partial charge < -0.3 is 19.7 Å². The number of rotatable bonds is 5. The molecule has 0 unspecified atom stereocenters. The Morgan fingerprint density at radius 2 is 1.75 bits per heavy atom. The molecule has 6 rings (SSSR count). The first-order valence-electron chi connectivity index (χ1n) is 15.2. The highest BCUT2D eigenvalue weighted by Gasteiger charge is 2.78. The standard InChI is InChI=1S/C32H39N3O9/c1-18-10-12-31-15-24(37)27(39)32(31,42)30(18,4)25(44-26(38)17-43-20(3)36)14-23(19(31)2)21-11-13-33-28(40)35(29(41)34(33)16-21)22-8-6-5-7-9-22/h5-9,11,18-19,23-25,37,42H,10,12-17H2,1-4H3/t18-,19+,23-,24+,25-,30+,31+,32-/m1/s1. The van der Waals surface area contributed by atoms with Crippen LogP contribution in [0.3, 0.4) is 0 Å². The maximum Gasteiger partial charge on any atom is 0.352 e. The lowest BCUT2D eigenvalue weighted by Gasteiger charge is -2.60. The first-order valence-corrected chi connectivity index (χ1v) is 15.2. The highest BCUT2D eigenvalue weighted by atomic mass is 16.6. The van der Waals surface area contributed by atoms with Crippen LogP contribution in [0.25, 0.3) is 5.69 Å². The van der Waals surface area contributed by atoms with Gasteiger partial charge in [-0.3, -0.25) is 9.59 Å². The second-order valence-corrected chi connectivity index (χ2v) is 13.2. The van der Waals surface area contributed by atoms with E-state index >= 15 is 0 Å². The second-order valence-electron chi connectivity index (χ2n) is 13.2. The number of ketones is 1. The number of carbonyl (C=O) groups excluding carboxylic acids is 3. The summed E-state index contributed by atoms with van der Waals surface area (Å²) in [6, 6.07) is 8.68. The van der Waals surface area contributed by atoms with Crippen LogP contribution in [0.15, 0.2) is 51.6 Å². The predicted molar refractivity (Wildman–Crippen MR) is 156 cm³/mol. The molecule has 2 N–H and O–H groups in total. The van der Waals surface area contributed by atoms with Gasteiger partial charge in [-0.25, -0.2) is 28.3 Å². The van der Waals surface area contributed by atoms with E-state index in [2.05, 4.69) is 0 Å². The number of aromatic nitrogens is 3. The van der Waals surface area contributed by atoms with Crippen LogP contribution in [0.5, 0.6) is 0 Å². The van der Waals surface area contributed by atoms with Gasteiger partial charge >= 0.3 is 23.3 Å². The van der Waals surface area contributed by atoms with Crippen molar-refractivity contribution in [3.05, 3.63) is 62.9 Å². The van der Waals surface area contributed by atoms with E-state index in [1.54, 1.807) is 37.3 Å². The Bertz CT molecular complexity index is 1670. The van der Waals surface area contributed by atoms with E-state index in [0.29, 0.717) is 18.5 Å². The molecule has 2 bridgehead atoms. The molecule has 236 valence electrons. The summed E-state index contributed by atoms with van der Waals surface area (Å²) in [5.74, 6) is -3.13. The summed E-state index contributed by atoms with van der Waals surface area (Å²) in [5, 5.41) is 23.7. The van der Waals surface area contributed by atoms with Crippen LogP contribution in [0.4, 0.5) is 0 Å². The predicted octanol–water partition coefficient (Wildman–Crippen LogP) is 1.36. The molecule has 1 aromatic carbocycles. The molecule has 0 amide bonds. The number of allylic oxidation sites excluding steroid dienone is 2. The highest BCUT2D eigenvalue weighted by molar-refractivity contribution is 5.96. The van der Waals surface area contributed by atoms with E-state index in [4.69, 9.17) is 9.47 Å². The van der Waals surface area contributed by atoms with Crippen LogP contribution in [-0.4, -0.2) is 66.3 Å². The third kappa shape index (κ3) is 3.99. The van der Waals surface area contributed by atoms with Crippen LogP contribution in [-0.2, 0) is 36.9 Å². The Hall–Kier alpha value is -3.77. The minimum atomic E-state index is -2.00. The van der Waals surface area contributed by atoms with Gasteiger partial charge in [-0.15, -0.1) is 0 Å². The van der Waals surface area contributed by atoms with Gasteiger partial charge in [-0.05, 0) is 61.1 Å². The number of ether oxygens (including phenoxy) is 2. The summed E-state index contributed by atoms with van der Waals surface area (Å²) < 4.78 is 14.8. The van der Waals surface area contributed by atoms with Crippen LogP contribution >= 0.6 is 0 Å². The Morgan fingerprint density at radius 1 is 1.07 bits per heavy atom. The number of aliphatic hydroxyl groups is 2. The maximum atomic E-state index is 13.8. The minimum Gasteiger partial charge on any atom is -0.459 e. The number of hydrogen-bond acceptors (Lipinski definition) is 9. The SMILES string of the molecule is CC(=O)OCC(=O)O[C@@H]1C[C@@H](C2=CCn3c(=O)n(-c4ccccc4)c(=O)n3C2)[C@H](C)[C@@]23CC[C@@H](C)[C@]1(C)[C@]2(O)C(=O)[C@@H](O)C3. The molecule has 2 aromatic rings. The molecule has 12 heteroatoms. The lowest BCUT2D eigenvalue weighted by molar-refractivity contribution is -0.235. The van der Waals surface area contributed by atoms with E-state index in [0.717, 1.165) is 10.1 Å². The zero-order valence-corrected chi connectivity index (χ0v) is 25.4. The van der Waals surface area contributed by atoms with Gasteiger partial charge in [0, 0.05) is 17.8 Å². The quantitative estimate of drug-likeness (QED) is 0.377. The van der Waals surface area contributed by atoms with Gasteiger partial charge in [0.2, 0.25) is 0 Å². The summed E-state index contributed by atoms with van der Waals surface area (Å²) in [5.41, 5.74) is -3.96. The molecule has 12 nitrogen and oxygen atoms in total. The fourth-order valence-corrected chi connectivity index (χ4v) is 9.00. The smallest absolute Gasteiger partial charge is 0.352 e. The van der Waals surface area contributed by atoms with E-state index in [9.17, 15) is 34.2 Å². The van der Waals surface area contributed by atoms with Crippen molar-refractivity contribution in [2.75, 3.05) is 6.61 Å². The number of carbonyl (C=O) groups is 3. The molecule has 3 fully saturated rings. The van der Waals surface area contributed by atoms with E-state index in [-0.39, 0.29) is 43.7 Å². The van der Waals surface area contributed by atoms with Crippen LogP contribution < -0.4 is 11.4 Å². The molecule has 1 aromatic heterocycles. The minimum absolute atomic E-state index is 0.0682. The van der Waals surface area contributed by atoms with Crippen LogP contribution in [0.1, 0.15) is 53.4 Å². The summed E-state index contributed by atoms with van der Waals surface area (Å²) in [4.78, 5) is 65.1. The first kappa shape index (κ1) is 30.3.